The van der Waals surface area contributed by atoms with Gasteiger partial charge in [-0.3, -0.25) is 0 Å². The van der Waals surface area contributed by atoms with E-state index in [-0.39, 0.29) is 6.04 Å². The number of nitrogens with one attached hydrogen (secondary N) is 1. The summed E-state index contributed by atoms with van der Waals surface area (Å²) in [5.41, 5.74) is 3.19. The smallest absolute Gasteiger partial charge is 0.0715 e. The Morgan fingerprint density at radius 2 is 1.69 bits per heavy atom. The molecule has 16 heavy (non-hydrogen) atoms. The maximum absolute atomic E-state index is 9.66. The first-order valence-electron chi connectivity index (χ1n) is 5.82. The number of hydrogen-bond acceptors (Lipinski definition) is 2. The molecule has 1 rings (SSSR count). The SMILES string of the molecule is Cc1cc(C)cc(C(C)NCC(C)(C)O)c1. The first-order valence-corrected chi connectivity index (χ1v) is 5.82. The van der Waals surface area contributed by atoms with Crippen LogP contribution in [0.1, 0.15) is 43.5 Å². The molecule has 1 atom stereocenters. The number of rotatable bonds is 4. The Morgan fingerprint density at radius 3 is 2.12 bits per heavy atom. The van der Waals surface area contributed by atoms with Crippen molar-refractivity contribution in [2.24, 2.45) is 0 Å². The van der Waals surface area contributed by atoms with E-state index >= 15 is 0 Å². The highest BCUT2D eigenvalue weighted by atomic mass is 16.3. The molecule has 2 N–H and O–H groups in total. The second kappa shape index (κ2) is 4.98. The minimum atomic E-state index is -0.660. The summed E-state index contributed by atoms with van der Waals surface area (Å²) in [5.74, 6) is 0. The van der Waals surface area contributed by atoms with Crippen LogP contribution in [0.2, 0.25) is 0 Å². The molecule has 0 fully saturated rings. The van der Waals surface area contributed by atoms with E-state index in [2.05, 4.69) is 44.3 Å². The molecule has 0 spiro atoms. The van der Waals surface area contributed by atoms with Crippen molar-refractivity contribution in [1.29, 1.82) is 0 Å². The van der Waals surface area contributed by atoms with Crippen LogP contribution in [0.25, 0.3) is 0 Å². The molecule has 0 aliphatic heterocycles. The van der Waals surface area contributed by atoms with Crippen molar-refractivity contribution in [2.45, 2.75) is 46.3 Å². The van der Waals surface area contributed by atoms with E-state index in [4.69, 9.17) is 0 Å². The summed E-state index contributed by atoms with van der Waals surface area (Å²) < 4.78 is 0. The van der Waals surface area contributed by atoms with Crippen LogP contribution < -0.4 is 5.32 Å². The van der Waals surface area contributed by atoms with Gasteiger partial charge in [0, 0.05) is 12.6 Å². The predicted molar refractivity (Wildman–Crippen MR) is 68.6 cm³/mol. The summed E-state index contributed by atoms with van der Waals surface area (Å²) in [6.45, 7) is 10.6. The fourth-order valence-electron chi connectivity index (χ4n) is 1.78. The Hall–Kier alpha value is -0.860. The van der Waals surface area contributed by atoms with E-state index in [1.165, 1.54) is 16.7 Å². The minimum Gasteiger partial charge on any atom is -0.389 e. The maximum Gasteiger partial charge on any atom is 0.0715 e. The van der Waals surface area contributed by atoms with Crippen LogP contribution in [0.15, 0.2) is 18.2 Å². The highest BCUT2D eigenvalue weighted by Crippen LogP contribution is 2.17. The lowest BCUT2D eigenvalue weighted by Gasteiger charge is -2.22. The van der Waals surface area contributed by atoms with Crippen LogP contribution in [0, 0.1) is 13.8 Å². The first kappa shape index (κ1) is 13.2. The highest BCUT2D eigenvalue weighted by molar-refractivity contribution is 5.30. The van der Waals surface area contributed by atoms with Gasteiger partial charge < -0.3 is 10.4 Å². The van der Waals surface area contributed by atoms with Gasteiger partial charge in [-0.1, -0.05) is 29.3 Å². The molecule has 1 aromatic rings. The van der Waals surface area contributed by atoms with Gasteiger partial charge >= 0.3 is 0 Å². The summed E-state index contributed by atoms with van der Waals surface area (Å²) >= 11 is 0. The average molecular weight is 221 g/mol. The molecule has 0 saturated heterocycles. The fraction of sp³-hybridized carbons (Fsp3) is 0.571. The standard InChI is InChI=1S/C14H23NO/c1-10-6-11(2)8-13(7-10)12(3)15-9-14(4,5)16/h6-8,12,15-16H,9H2,1-5H3. The molecule has 1 unspecified atom stereocenters. The summed E-state index contributed by atoms with van der Waals surface area (Å²) in [4.78, 5) is 0. The van der Waals surface area contributed by atoms with Gasteiger partial charge in [-0.05, 0) is 40.2 Å². The molecular formula is C14H23NO. The zero-order valence-corrected chi connectivity index (χ0v) is 11.0. The fourth-order valence-corrected chi connectivity index (χ4v) is 1.78. The van der Waals surface area contributed by atoms with E-state index in [0.29, 0.717) is 6.54 Å². The molecule has 90 valence electrons. The van der Waals surface area contributed by atoms with Crippen molar-refractivity contribution in [3.05, 3.63) is 34.9 Å². The Balaban J connectivity index is 2.69. The average Bonchev–Trinajstić information content (AvgIpc) is 2.11. The van der Waals surface area contributed by atoms with Gasteiger partial charge in [-0.25, -0.2) is 0 Å². The van der Waals surface area contributed by atoms with Gasteiger partial charge in [0.2, 0.25) is 0 Å². The Bertz CT molecular complexity index is 332. The van der Waals surface area contributed by atoms with Gasteiger partial charge in [0.15, 0.2) is 0 Å². The summed E-state index contributed by atoms with van der Waals surface area (Å²) in [7, 11) is 0. The van der Waals surface area contributed by atoms with Crippen molar-refractivity contribution in [2.75, 3.05) is 6.54 Å². The first-order chi connectivity index (χ1) is 7.28. The van der Waals surface area contributed by atoms with E-state index in [1.54, 1.807) is 0 Å². The Morgan fingerprint density at radius 1 is 1.19 bits per heavy atom. The Labute approximate surface area is 98.7 Å². The molecule has 2 nitrogen and oxygen atoms in total. The van der Waals surface area contributed by atoms with Crippen molar-refractivity contribution in [3.63, 3.8) is 0 Å². The van der Waals surface area contributed by atoms with Crippen molar-refractivity contribution in [1.82, 2.24) is 5.32 Å². The molecule has 0 aliphatic carbocycles. The predicted octanol–water partition coefficient (Wildman–Crippen LogP) is 2.72. The largest absolute Gasteiger partial charge is 0.389 e. The van der Waals surface area contributed by atoms with Crippen LogP contribution in [-0.2, 0) is 0 Å². The van der Waals surface area contributed by atoms with E-state index in [0.717, 1.165) is 0 Å². The molecule has 0 aliphatic rings. The molecule has 2 heteroatoms. The van der Waals surface area contributed by atoms with E-state index < -0.39 is 5.60 Å². The molecule has 0 heterocycles. The van der Waals surface area contributed by atoms with Crippen LogP contribution >= 0.6 is 0 Å². The Kier molecular flexibility index (Phi) is 4.11. The lowest BCUT2D eigenvalue weighted by Crippen LogP contribution is -2.36. The number of benzene rings is 1. The van der Waals surface area contributed by atoms with Gasteiger partial charge in [-0.2, -0.15) is 0 Å². The maximum atomic E-state index is 9.66. The topological polar surface area (TPSA) is 32.3 Å². The molecule has 0 saturated carbocycles. The number of aliphatic hydroxyl groups is 1. The third kappa shape index (κ3) is 4.33. The van der Waals surface area contributed by atoms with Gasteiger partial charge in [-0.15, -0.1) is 0 Å². The van der Waals surface area contributed by atoms with Crippen LogP contribution in [-0.4, -0.2) is 17.3 Å². The quantitative estimate of drug-likeness (QED) is 0.819. The minimum absolute atomic E-state index is 0.269. The monoisotopic (exact) mass is 221 g/mol. The summed E-state index contributed by atoms with van der Waals surface area (Å²) in [6.07, 6.45) is 0. The van der Waals surface area contributed by atoms with E-state index in [9.17, 15) is 5.11 Å². The highest BCUT2D eigenvalue weighted by Gasteiger charge is 2.14. The third-order valence-corrected chi connectivity index (χ3v) is 2.58. The zero-order valence-electron chi connectivity index (χ0n) is 11.0. The number of aryl methyl sites for hydroxylation is 2. The normalized spacial score (nSPS) is 13.9. The van der Waals surface area contributed by atoms with Crippen molar-refractivity contribution >= 4 is 0 Å². The van der Waals surface area contributed by atoms with Gasteiger partial charge in [0.25, 0.3) is 0 Å². The molecule has 0 radical (unpaired) electrons. The van der Waals surface area contributed by atoms with Gasteiger partial charge in [0.1, 0.15) is 0 Å². The lowest BCUT2D eigenvalue weighted by molar-refractivity contribution is 0.0770. The van der Waals surface area contributed by atoms with Crippen LogP contribution in [0.3, 0.4) is 0 Å². The summed E-state index contributed by atoms with van der Waals surface area (Å²) in [5, 5.41) is 13.0. The zero-order chi connectivity index (χ0) is 12.3. The second-order valence-electron chi connectivity index (χ2n) is 5.34. The molecule has 0 bridgehead atoms. The van der Waals surface area contributed by atoms with Crippen LogP contribution in [0.5, 0.6) is 0 Å². The molecule has 0 amide bonds. The molecule has 0 aromatic heterocycles. The second-order valence-corrected chi connectivity index (χ2v) is 5.34. The van der Waals surface area contributed by atoms with Gasteiger partial charge in [0.05, 0.1) is 5.60 Å². The lowest BCUT2D eigenvalue weighted by atomic mass is 10.0. The van der Waals surface area contributed by atoms with Crippen molar-refractivity contribution in [3.8, 4) is 0 Å². The summed E-state index contributed by atoms with van der Waals surface area (Å²) in [6, 6.07) is 6.82. The molecule has 1 aromatic carbocycles. The van der Waals surface area contributed by atoms with E-state index in [1.807, 2.05) is 13.8 Å². The molecular weight excluding hydrogens is 198 g/mol. The number of hydrogen-bond donors (Lipinski definition) is 2. The third-order valence-electron chi connectivity index (χ3n) is 2.58. The van der Waals surface area contributed by atoms with Crippen molar-refractivity contribution < 1.29 is 5.11 Å². The van der Waals surface area contributed by atoms with Crippen LogP contribution in [0.4, 0.5) is 0 Å².